The molecule has 0 radical (unpaired) electrons. The van der Waals surface area contributed by atoms with Gasteiger partial charge in [0.05, 0.1) is 19.1 Å². The highest BCUT2D eigenvalue weighted by molar-refractivity contribution is 5.86. The molecule has 0 aromatic carbocycles. The fourth-order valence-electron chi connectivity index (χ4n) is 4.36. The molecule has 0 amide bonds. The molecule has 5 heteroatoms. The molecule has 0 heterocycles. The summed E-state index contributed by atoms with van der Waals surface area (Å²) in [7, 11) is 0. The molecule has 0 bridgehead atoms. The van der Waals surface area contributed by atoms with Gasteiger partial charge in [0.15, 0.2) is 0 Å². The molecular weight excluding hydrogens is 344 g/mol. The van der Waals surface area contributed by atoms with Gasteiger partial charge in [-0.2, -0.15) is 0 Å². The third-order valence-corrected chi connectivity index (χ3v) is 6.15. The SMILES string of the molecule is C=C(C)C(=O)OCCCCOC(=O)C1CCC(C2CCC(C=O)CC2)CC1. The normalized spacial score (nSPS) is 28.2. The Morgan fingerprint density at radius 1 is 0.889 bits per heavy atom. The van der Waals surface area contributed by atoms with Crippen molar-refractivity contribution in [2.45, 2.75) is 71.1 Å². The van der Waals surface area contributed by atoms with Crippen LogP contribution < -0.4 is 0 Å². The van der Waals surface area contributed by atoms with Crippen LogP contribution in [0, 0.1) is 23.7 Å². The van der Waals surface area contributed by atoms with Crippen molar-refractivity contribution >= 4 is 18.2 Å². The fraction of sp³-hybridized carbons (Fsp3) is 0.773. The first-order chi connectivity index (χ1) is 13.0. The Morgan fingerprint density at radius 3 is 1.93 bits per heavy atom. The van der Waals surface area contributed by atoms with E-state index in [9.17, 15) is 14.4 Å². The van der Waals surface area contributed by atoms with Gasteiger partial charge in [-0.1, -0.05) is 6.58 Å². The third-order valence-electron chi connectivity index (χ3n) is 6.15. The Kier molecular flexibility index (Phi) is 9.02. The lowest BCUT2D eigenvalue weighted by Crippen LogP contribution is -2.29. The van der Waals surface area contributed by atoms with Gasteiger partial charge in [-0.15, -0.1) is 0 Å². The van der Waals surface area contributed by atoms with Crippen molar-refractivity contribution < 1.29 is 23.9 Å². The largest absolute Gasteiger partial charge is 0.465 e. The van der Waals surface area contributed by atoms with E-state index in [4.69, 9.17) is 9.47 Å². The zero-order valence-corrected chi connectivity index (χ0v) is 16.6. The second-order valence-electron chi connectivity index (χ2n) is 8.21. The van der Waals surface area contributed by atoms with Gasteiger partial charge in [0, 0.05) is 11.5 Å². The van der Waals surface area contributed by atoms with Crippen LogP contribution in [0.15, 0.2) is 12.2 Å². The van der Waals surface area contributed by atoms with Gasteiger partial charge in [-0.3, -0.25) is 4.79 Å². The highest BCUT2D eigenvalue weighted by atomic mass is 16.5. The van der Waals surface area contributed by atoms with E-state index in [0.29, 0.717) is 37.5 Å². The predicted octanol–water partition coefficient (Wildman–Crippen LogP) is 4.24. The molecule has 2 aliphatic carbocycles. The molecule has 152 valence electrons. The van der Waals surface area contributed by atoms with Crippen molar-refractivity contribution in [3.05, 3.63) is 12.2 Å². The van der Waals surface area contributed by atoms with E-state index < -0.39 is 0 Å². The average Bonchev–Trinajstić information content (AvgIpc) is 2.70. The lowest BCUT2D eigenvalue weighted by atomic mass is 9.69. The summed E-state index contributed by atoms with van der Waals surface area (Å²) in [5.74, 6) is 1.32. The number of carbonyl (C=O) groups is 3. The van der Waals surface area contributed by atoms with Crippen molar-refractivity contribution in [1.82, 2.24) is 0 Å². The highest BCUT2D eigenvalue weighted by Crippen LogP contribution is 2.41. The van der Waals surface area contributed by atoms with E-state index in [1.807, 2.05) is 0 Å². The van der Waals surface area contributed by atoms with Gasteiger partial charge in [0.2, 0.25) is 0 Å². The minimum absolute atomic E-state index is 0.0359. The Balaban J connectivity index is 1.55. The van der Waals surface area contributed by atoms with E-state index in [-0.39, 0.29) is 23.8 Å². The van der Waals surface area contributed by atoms with Crippen LogP contribution in [0.2, 0.25) is 0 Å². The number of hydrogen-bond acceptors (Lipinski definition) is 5. The highest BCUT2D eigenvalue weighted by Gasteiger charge is 2.33. The maximum atomic E-state index is 12.2. The van der Waals surface area contributed by atoms with Crippen molar-refractivity contribution in [3.63, 3.8) is 0 Å². The molecule has 0 aliphatic heterocycles. The van der Waals surface area contributed by atoms with Crippen LogP contribution in [0.4, 0.5) is 0 Å². The fourth-order valence-corrected chi connectivity index (χ4v) is 4.36. The molecule has 0 N–H and O–H groups in total. The number of hydrogen-bond donors (Lipinski definition) is 0. The zero-order valence-electron chi connectivity index (χ0n) is 16.6. The van der Waals surface area contributed by atoms with E-state index in [1.165, 1.54) is 12.8 Å². The second kappa shape index (κ2) is 11.3. The second-order valence-corrected chi connectivity index (χ2v) is 8.21. The number of esters is 2. The van der Waals surface area contributed by atoms with Crippen LogP contribution in [-0.4, -0.2) is 31.4 Å². The molecule has 0 aromatic rings. The summed E-state index contributed by atoms with van der Waals surface area (Å²) in [5, 5.41) is 0. The Hall–Kier alpha value is -1.65. The predicted molar refractivity (Wildman–Crippen MR) is 103 cm³/mol. The van der Waals surface area contributed by atoms with Gasteiger partial charge < -0.3 is 14.3 Å². The summed E-state index contributed by atoms with van der Waals surface area (Å²) in [6.07, 6.45) is 11.0. The van der Waals surface area contributed by atoms with Crippen molar-refractivity contribution in [2.24, 2.45) is 23.7 Å². The number of aldehydes is 1. The molecule has 2 saturated carbocycles. The topological polar surface area (TPSA) is 69.7 Å². The van der Waals surface area contributed by atoms with E-state index >= 15 is 0 Å². The van der Waals surface area contributed by atoms with E-state index in [0.717, 1.165) is 50.7 Å². The molecule has 5 nitrogen and oxygen atoms in total. The van der Waals surface area contributed by atoms with Crippen molar-refractivity contribution in [3.8, 4) is 0 Å². The number of carbonyl (C=O) groups excluding carboxylic acids is 3. The maximum absolute atomic E-state index is 12.2. The van der Waals surface area contributed by atoms with Crippen LogP contribution in [-0.2, 0) is 23.9 Å². The van der Waals surface area contributed by atoms with Crippen molar-refractivity contribution in [1.29, 1.82) is 0 Å². The van der Waals surface area contributed by atoms with Crippen molar-refractivity contribution in [2.75, 3.05) is 13.2 Å². The molecule has 0 saturated heterocycles. The van der Waals surface area contributed by atoms with Gasteiger partial charge in [-0.05, 0) is 83.0 Å². The monoisotopic (exact) mass is 378 g/mol. The number of ether oxygens (including phenoxy) is 2. The quantitative estimate of drug-likeness (QED) is 0.260. The summed E-state index contributed by atoms with van der Waals surface area (Å²) < 4.78 is 10.4. The molecule has 0 atom stereocenters. The average molecular weight is 379 g/mol. The Labute approximate surface area is 162 Å². The minimum Gasteiger partial charge on any atom is -0.465 e. The molecule has 2 fully saturated rings. The first kappa shape index (κ1) is 21.6. The first-order valence-corrected chi connectivity index (χ1v) is 10.5. The Morgan fingerprint density at radius 2 is 1.41 bits per heavy atom. The molecule has 0 aromatic heterocycles. The third kappa shape index (κ3) is 7.11. The molecule has 0 spiro atoms. The molecule has 0 unspecified atom stereocenters. The van der Waals surface area contributed by atoms with E-state index in [1.54, 1.807) is 6.92 Å². The molecule has 27 heavy (non-hydrogen) atoms. The summed E-state index contributed by atoms with van der Waals surface area (Å²) in [4.78, 5) is 34.4. The summed E-state index contributed by atoms with van der Waals surface area (Å²) in [6.45, 7) is 5.87. The lowest BCUT2D eigenvalue weighted by Gasteiger charge is -2.36. The standard InChI is InChI=1S/C22H34O5/c1-16(2)21(24)26-13-3-4-14-27-22(25)20-11-9-19(10-12-20)18-7-5-17(15-23)6-8-18/h15,17-20H,1,3-14H2,2H3. The zero-order chi connectivity index (χ0) is 19.6. The summed E-state index contributed by atoms with van der Waals surface area (Å²) >= 11 is 0. The van der Waals surface area contributed by atoms with E-state index in [2.05, 4.69) is 6.58 Å². The van der Waals surface area contributed by atoms with Crippen LogP contribution in [0.25, 0.3) is 0 Å². The molecule has 2 rings (SSSR count). The summed E-state index contributed by atoms with van der Waals surface area (Å²) in [6, 6.07) is 0. The number of rotatable bonds is 9. The number of unbranched alkanes of at least 4 members (excludes halogenated alkanes) is 1. The van der Waals surface area contributed by atoms with Gasteiger partial charge in [0.1, 0.15) is 6.29 Å². The van der Waals surface area contributed by atoms with Crippen LogP contribution >= 0.6 is 0 Å². The smallest absolute Gasteiger partial charge is 0.333 e. The molecule has 2 aliphatic rings. The lowest BCUT2D eigenvalue weighted by molar-refractivity contribution is -0.150. The first-order valence-electron chi connectivity index (χ1n) is 10.5. The van der Waals surface area contributed by atoms with Crippen LogP contribution in [0.3, 0.4) is 0 Å². The van der Waals surface area contributed by atoms with Gasteiger partial charge in [-0.25, -0.2) is 4.79 Å². The van der Waals surface area contributed by atoms with Gasteiger partial charge in [0.25, 0.3) is 0 Å². The van der Waals surface area contributed by atoms with Crippen LogP contribution in [0.1, 0.15) is 71.1 Å². The summed E-state index contributed by atoms with van der Waals surface area (Å²) in [5.41, 5.74) is 0.397. The Bertz CT molecular complexity index is 511. The maximum Gasteiger partial charge on any atom is 0.333 e. The van der Waals surface area contributed by atoms with Crippen LogP contribution in [0.5, 0.6) is 0 Å². The minimum atomic E-state index is -0.372. The van der Waals surface area contributed by atoms with Gasteiger partial charge >= 0.3 is 11.9 Å². The molecular formula is C22H34O5.